The van der Waals surface area contributed by atoms with E-state index in [-0.39, 0.29) is 11.3 Å². The van der Waals surface area contributed by atoms with E-state index in [2.05, 4.69) is 4.98 Å². The maximum absolute atomic E-state index is 14.1. The van der Waals surface area contributed by atoms with Crippen LogP contribution in [0.25, 0.3) is 0 Å². The summed E-state index contributed by atoms with van der Waals surface area (Å²) >= 11 is 0.287. The van der Waals surface area contributed by atoms with Crippen molar-refractivity contribution in [1.82, 2.24) is 4.98 Å². The molecule has 0 amide bonds. The van der Waals surface area contributed by atoms with Crippen LogP contribution in [0, 0.1) is 29.1 Å². The van der Waals surface area contributed by atoms with Gasteiger partial charge in [-0.25, -0.2) is 48.2 Å². The highest BCUT2D eigenvalue weighted by Crippen LogP contribution is 2.33. The molecule has 1 heterocycles. The first-order valence-corrected chi connectivity index (χ1v) is 9.44. The molecule has 0 fully saturated rings. The van der Waals surface area contributed by atoms with Gasteiger partial charge in [0.2, 0.25) is 20.0 Å². The fraction of sp³-hybridized carbons (Fsp3) is 0.100. The first-order chi connectivity index (χ1) is 10.9. The number of thiazole rings is 1. The van der Waals surface area contributed by atoms with Crippen LogP contribution < -0.4 is 0 Å². The van der Waals surface area contributed by atoms with Crippen LogP contribution in [0.2, 0.25) is 0 Å². The van der Waals surface area contributed by atoms with Crippen LogP contribution in [0.4, 0.5) is 26.3 Å². The molecule has 0 saturated carbocycles. The maximum atomic E-state index is 14.1. The first kappa shape index (κ1) is 18.7. The Morgan fingerprint density at radius 3 is 1.71 bits per heavy atom. The Hall–Kier alpha value is -1.67. The van der Waals surface area contributed by atoms with Gasteiger partial charge in [0.25, 0.3) is 9.84 Å². The summed E-state index contributed by atoms with van der Waals surface area (Å²) in [7, 11) is -11.5. The van der Waals surface area contributed by atoms with Crippen molar-refractivity contribution >= 4 is 31.0 Å². The van der Waals surface area contributed by atoms with Gasteiger partial charge in [0, 0.05) is 11.6 Å². The van der Waals surface area contributed by atoms with Crippen molar-refractivity contribution < 1.29 is 43.2 Å². The van der Waals surface area contributed by atoms with Gasteiger partial charge < -0.3 is 0 Å². The molecule has 1 atom stereocenters. The van der Waals surface area contributed by atoms with Gasteiger partial charge >= 0.3 is 4.84 Å². The molecule has 0 aliphatic carbocycles. The summed E-state index contributed by atoms with van der Waals surface area (Å²) in [5, 5.41) is 1.03. The van der Waals surface area contributed by atoms with E-state index in [9.17, 15) is 43.2 Å². The van der Waals surface area contributed by atoms with Gasteiger partial charge in [-0.05, 0) is 0 Å². The Morgan fingerprint density at radius 1 is 0.833 bits per heavy atom. The Bertz CT molecular complexity index is 975. The standard InChI is InChI=1S/C10H3F6NO4S3/c11-3-4(12)6(14)8(7(15)5(3)13)23(18,19)9(16)24(20,21)10-17-1-2-22-10/h1-2,9H. The number of benzene rings is 1. The lowest BCUT2D eigenvalue weighted by Gasteiger charge is -2.12. The lowest BCUT2D eigenvalue weighted by Crippen LogP contribution is -2.29. The van der Waals surface area contributed by atoms with E-state index in [1.807, 2.05) is 0 Å². The molecular weight excluding hydrogens is 408 g/mol. The van der Waals surface area contributed by atoms with Crippen molar-refractivity contribution in [3.05, 3.63) is 40.7 Å². The largest absolute Gasteiger partial charge is 0.311 e. The van der Waals surface area contributed by atoms with Gasteiger partial charge in [-0.2, -0.15) is 0 Å². The van der Waals surface area contributed by atoms with E-state index in [0.717, 1.165) is 11.6 Å². The van der Waals surface area contributed by atoms with Crippen molar-refractivity contribution in [2.45, 2.75) is 14.1 Å². The van der Waals surface area contributed by atoms with Crippen LogP contribution in [0.3, 0.4) is 0 Å². The summed E-state index contributed by atoms with van der Waals surface area (Å²) in [4.78, 5) is -3.46. The molecule has 5 nitrogen and oxygen atoms in total. The molecule has 14 heteroatoms. The molecule has 0 aliphatic heterocycles. The lowest BCUT2D eigenvalue weighted by molar-refractivity contribution is 0.356. The van der Waals surface area contributed by atoms with E-state index in [0.29, 0.717) is 0 Å². The number of alkyl halides is 1. The minimum absolute atomic E-state index is 0.287. The number of sulfone groups is 2. The Morgan fingerprint density at radius 2 is 1.29 bits per heavy atom. The van der Waals surface area contributed by atoms with Crippen LogP contribution in [0.5, 0.6) is 0 Å². The average molecular weight is 411 g/mol. The number of hydrogen-bond acceptors (Lipinski definition) is 6. The molecule has 1 unspecified atom stereocenters. The monoisotopic (exact) mass is 411 g/mol. The SMILES string of the molecule is O=S(=O)(c1nccs1)C(F)S(=O)(=O)c1c(F)c(F)c(F)c(F)c1F. The van der Waals surface area contributed by atoms with Gasteiger partial charge in [0.05, 0.1) is 0 Å². The van der Waals surface area contributed by atoms with Crippen LogP contribution in [0.1, 0.15) is 0 Å². The van der Waals surface area contributed by atoms with E-state index >= 15 is 0 Å². The van der Waals surface area contributed by atoms with Crippen molar-refractivity contribution in [2.24, 2.45) is 0 Å². The topological polar surface area (TPSA) is 81.2 Å². The lowest BCUT2D eigenvalue weighted by atomic mass is 10.3. The Balaban J connectivity index is 2.73. The van der Waals surface area contributed by atoms with E-state index in [1.165, 1.54) is 0 Å². The second-order valence-corrected chi connectivity index (χ2v) is 9.32. The highest BCUT2D eigenvalue weighted by Gasteiger charge is 2.46. The normalized spacial score (nSPS) is 13.9. The van der Waals surface area contributed by atoms with Gasteiger partial charge in [-0.3, -0.25) is 0 Å². The highest BCUT2D eigenvalue weighted by atomic mass is 32.3. The predicted molar refractivity (Wildman–Crippen MR) is 67.6 cm³/mol. The van der Waals surface area contributed by atoms with Crippen LogP contribution >= 0.6 is 11.3 Å². The molecular formula is C10H3F6NO4S3. The first-order valence-electron chi connectivity index (χ1n) is 5.46. The zero-order valence-corrected chi connectivity index (χ0v) is 13.3. The Labute approximate surface area is 134 Å². The smallest absolute Gasteiger partial charge is 0.234 e. The van der Waals surface area contributed by atoms with Crippen LogP contribution in [-0.2, 0) is 19.7 Å². The molecule has 0 bridgehead atoms. The predicted octanol–water partition coefficient (Wildman–Crippen LogP) is 2.34. The second kappa shape index (κ2) is 6.00. The van der Waals surface area contributed by atoms with Gasteiger partial charge in [-0.15, -0.1) is 11.3 Å². The quantitative estimate of drug-likeness (QED) is 0.334. The molecule has 0 spiro atoms. The fourth-order valence-corrected chi connectivity index (χ4v) is 6.15. The van der Waals surface area contributed by atoms with E-state index in [4.69, 9.17) is 0 Å². The third-order valence-corrected chi connectivity index (χ3v) is 8.16. The molecule has 0 radical (unpaired) electrons. The summed E-state index contributed by atoms with van der Waals surface area (Å²) < 4.78 is 126. The zero-order chi connectivity index (χ0) is 18.4. The van der Waals surface area contributed by atoms with Gasteiger partial charge in [0.15, 0.2) is 23.3 Å². The van der Waals surface area contributed by atoms with Crippen molar-refractivity contribution in [1.29, 1.82) is 0 Å². The molecule has 0 N–H and O–H groups in total. The minimum Gasteiger partial charge on any atom is -0.234 e. The maximum Gasteiger partial charge on any atom is 0.311 e. The zero-order valence-electron chi connectivity index (χ0n) is 10.8. The summed E-state index contributed by atoms with van der Waals surface area (Å²) in [6, 6.07) is 0. The van der Waals surface area contributed by atoms with E-state index < -0.39 is 62.8 Å². The summed E-state index contributed by atoms with van der Waals surface area (Å²) in [5.41, 5.74) is 0. The average Bonchev–Trinajstić information content (AvgIpc) is 3.05. The Kier molecular flexibility index (Phi) is 4.67. The van der Waals surface area contributed by atoms with Crippen molar-refractivity contribution in [2.75, 3.05) is 0 Å². The molecule has 2 rings (SSSR count). The van der Waals surface area contributed by atoms with Crippen molar-refractivity contribution in [3.8, 4) is 0 Å². The summed E-state index contributed by atoms with van der Waals surface area (Å²) in [6.07, 6.45) is 0.870. The number of aromatic nitrogens is 1. The summed E-state index contributed by atoms with van der Waals surface area (Å²) in [6.45, 7) is 0. The third kappa shape index (κ3) is 2.67. The number of halogens is 6. The minimum atomic E-state index is -6.13. The molecule has 2 aromatic rings. The van der Waals surface area contributed by atoms with Crippen LogP contribution in [0.15, 0.2) is 20.8 Å². The number of nitrogens with zero attached hydrogens (tertiary/aromatic N) is 1. The fourth-order valence-electron chi connectivity index (χ4n) is 1.52. The molecule has 1 aromatic heterocycles. The van der Waals surface area contributed by atoms with E-state index in [1.54, 1.807) is 0 Å². The van der Waals surface area contributed by atoms with Gasteiger partial charge in [-0.1, -0.05) is 0 Å². The van der Waals surface area contributed by atoms with Gasteiger partial charge in [0.1, 0.15) is 4.90 Å². The molecule has 0 saturated heterocycles. The van der Waals surface area contributed by atoms with Crippen molar-refractivity contribution in [3.63, 3.8) is 0 Å². The molecule has 24 heavy (non-hydrogen) atoms. The highest BCUT2D eigenvalue weighted by molar-refractivity contribution is 8.09. The van der Waals surface area contributed by atoms with Crippen LogP contribution in [-0.4, -0.2) is 26.7 Å². The molecule has 1 aromatic carbocycles. The second-order valence-electron chi connectivity index (χ2n) is 4.06. The number of hydrogen-bond donors (Lipinski definition) is 0. The third-order valence-electron chi connectivity index (χ3n) is 2.60. The molecule has 132 valence electrons. The number of rotatable bonds is 4. The summed E-state index contributed by atoms with van der Waals surface area (Å²) in [5.74, 6) is -13.7. The molecule has 0 aliphatic rings.